The number of alkyl carbamates (subject to hydrolysis) is 1. The van der Waals surface area contributed by atoms with E-state index < -0.39 is 0 Å². The summed E-state index contributed by atoms with van der Waals surface area (Å²) in [5.74, 6) is 1.63. The van der Waals surface area contributed by atoms with Crippen LogP contribution in [0.4, 0.5) is 4.79 Å². The maximum Gasteiger partial charge on any atom is 0.407 e. The van der Waals surface area contributed by atoms with Crippen molar-refractivity contribution in [3.8, 4) is 0 Å². The monoisotopic (exact) mass is 169 g/mol. The third-order valence-corrected chi connectivity index (χ3v) is 2.81. The molecule has 3 heteroatoms. The van der Waals surface area contributed by atoms with Crippen LogP contribution in [-0.2, 0) is 4.74 Å². The first-order valence-electron chi connectivity index (χ1n) is 4.70. The van der Waals surface area contributed by atoms with Gasteiger partial charge in [0.1, 0.15) is 6.10 Å². The number of carbonyl (C=O) groups excluding carboxylic acids is 1. The first-order chi connectivity index (χ1) is 5.75. The second-order valence-corrected chi connectivity index (χ2v) is 3.96. The lowest BCUT2D eigenvalue weighted by atomic mass is 9.99. The van der Waals surface area contributed by atoms with Gasteiger partial charge >= 0.3 is 6.09 Å². The van der Waals surface area contributed by atoms with Crippen molar-refractivity contribution in [2.24, 2.45) is 11.8 Å². The van der Waals surface area contributed by atoms with Gasteiger partial charge in [-0.1, -0.05) is 6.92 Å². The van der Waals surface area contributed by atoms with Gasteiger partial charge in [-0.05, 0) is 31.1 Å². The Morgan fingerprint density at radius 1 is 1.67 bits per heavy atom. The van der Waals surface area contributed by atoms with Gasteiger partial charge < -0.3 is 10.1 Å². The Morgan fingerprint density at radius 3 is 2.92 bits per heavy atom. The molecule has 0 aromatic heterocycles. The van der Waals surface area contributed by atoms with Gasteiger partial charge in [-0.3, -0.25) is 0 Å². The number of amides is 1. The van der Waals surface area contributed by atoms with E-state index in [1.165, 1.54) is 12.8 Å². The molecule has 2 unspecified atom stereocenters. The highest BCUT2D eigenvalue weighted by atomic mass is 16.6. The zero-order valence-electron chi connectivity index (χ0n) is 7.38. The molecule has 3 nitrogen and oxygen atoms in total. The summed E-state index contributed by atoms with van der Waals surface area (Å²) in [7, 11) is 0. The van der Waals surface area contributed by atoms with Crippen LogP contribution in [0.5, 0.6) is 0 Å². The van der Waals surface area contributed by atoms with E-state index in [0.29, 0.717) is 6.54 Å². The summed E-state index contributed by atoms with van der Waals surface area (Å²) in [6.45, 7) is 2.96. The molecular weight excluding hydrogens is 154 g/mol. The number of nitrogens with one attached hydrogen (secondary N) is 1. The second kappa shape index (κ2) is 2.96. The van der Waals surface area contributed by atoms with Crippen LogP contribution in [0.2, 0.25) is 0 Å². The lowest BCUT2D eigenvalue weighted by Crippen LogP contribution is -2.17. The highest BCUT2D eigenvalue weighted by Gasteiger charge is 2.32. The zero-order chi connectivity index (χ0) is 8.55. The molecule has 1 aliphatic carbocycles. The van der Waals surface area contributed by atoms with Crippen LogP contribution >= 0.6 is 0 Å². The number of ether oxygens (including phenoxy) is 1. The lowest BCUT2D eigenvalue weighted by molar-refractivity contribution is 0.124. The normalized spacial score (nSPS) is 31.1. The highest BCUT2D eigenvalue weighted by molar-refractivity contribution is 5.69. The molecule has 2 aliphatic rings. The van der Waals surface area contributed by atoms with Crippen LogP contribution in [-0.4, -0.2) is 18.7 Å². The van der Waals surface area contributed by atoms with Gasteiger partial charge in [-0.2, -0.15) is 0 Å². The van der Waals surface area contributed by atoms with Gasteiger partial charge in [-0.25, -0.2) is 4.79 Å². The van der Waals surface area contributed by atoms with Gasteiger partial charge in [0, 0.05) is 0 Å². The Bertz CT molecular complexity index is 189. The maximum absolute atomic E-state index is 10.7. The third kappa shape index (κ3) is 1.71. The largest absolute Gasteiger partial charge is 0.444 e. The molecule has 68 valence electrons. The van der Waals surface area contributed by atoms with Gasteiger partial charge in [0.2, 0.25) is 0 Å². The van der Waals surface area contributed by atoms with Crippen molar-refractivity contribution in [2.75, 3.05) is 6.54 Å². The second-order valence-electron chi connectivity index (χ2n) is 3.96. The van der Waals surface area contributed by atoms with E-state index in [4.69, 9.17) is 4.74 Å². The summed E-state index contributed by atoms with van der Waals surface area (Å²) in [5, 5.41) is 2.67. The smallest absolute Gasteiger partial charge is 0.407 e. The van der Waals surface area contributed by atoms with Crippen LogP contribution in [0.25, 0.3) is 0 Å². The van der Waals surface area contributed by atoms with Gasteiger partial charge in [0.15, 0.2) is 0 Å². The number of cyclic esters (lactones) is 1. The molecule has 0 spiro atoms. The molecule has 12 heavy (non-hydrogen) atoms. The Hall–Kier alpha value is -0.730. The Labute approximate surface area is 72.5 Å². The van der Waals surface area contributed by atoms with E-state index in [-0.39, 0.29) is 12.2 Å². The first kappa shape index (κ1) is 7.90. The topological polar surface area (TPSA) is 38.3 Å². The van der Waals surface area contributed by atoms with Gasteiger partial charge in [0.05, 0.1) is 6.54 Å². The molecule has 2 fully saturated rings. The maximum atomic E-state index is 10.7. The van der Waals surface area contributed by atoms with Crippen LogP contribution < -0.4 is 5.32 Å². The molecule has 0 bridgehead atoms. The van der Waals surface area contributed by atoms with E-state index in [9.17, 15) is 4.79 Å². The quantitative estimate of drug-likeness (QED) is 0.695. The molecule has 1 N–H and O–H groups in total. The molecule has 0 radical (unpaired) electrons. The summed E-state index contributed by atoms with van der Waals surface area (Å²) < 4.78 is 5.06. The highest BCUT2D eigenvalue weighted by Crippen LogP contribution is 2.39. The standard InChI is InChI=1S/C9H15NO2/c1-6(7-2-3-7)4-8-5-10-9(11)12-8/h6-8H,2-5H2,1H3,(H,10,11). The Morgan fingerprint density at radius 2 is 2.42 bits per heavy atom. The number of hydrogen-bond acceptors (Lipinski definition) is 2. The molecule has 1 saturated carbocycles. The van der Waals surface area contributed by atoms with E-state index in [0.717, 1.165) is 18.3 Å². The molecule has 0 aromatic carbocycles. The van der Waals surface area contributed by atoms with E-state index >= 15 is 0 Å². The molecule has 2 atom stereocenters. The minimum atomic E-state index is -0.247. The van der Waals surface area contributed by atoms with Crippen molar-refractivity contribution in [2.45, 2.75) is 32.3 Å². The fourth-order valence-electron chi connectivity index (χ4n) is 1.84. The van der Waals surface area contributed by atoms with Crippen molar-refractivity contribution < 1.29 is 9.53 Å². The van der Waals surface area contributed by atoms with Crippen molar-refractivity contribution in [3.63, 3.8) is 0 Å². The summed E-state index contributed by atoms with van der Waals surface area (Å²) in [4.78, 5) is 10.7. The van der Waals surface area contributed by atoms with E-state index in [1.807, 2.05) is 0 Å². The van der Waals surface area contributed by atoms with Gasteiger partial charge in [-0.15, -0.1) is 0 Å². The average molecular weight is 169 g/mol. The average Bonchev–Trinajstić information content (AvgIpc) is 2.78. The van der Waals surface area contributed by atoms with Crippen LogP contribution in [0, 0.1) is 11.8 Å². The van der Waals surface area contributed by atoms with Crippen molar-refractivity contribution >= 4 is 6.09 Å². The van der Waals surface area contributed by atoms with Crippen LogP contribution in [0.1, 0.15) is 26.2 Å². The molecule has 1 saturated heterocycles. The molecular formula is C9H15NO2. The molecule has 1 heterocycles. The summed E-state index contributed by atoms with van der Waals surface area (Å²) in [6.07, 6.45) is 3.66. The fourth-order valence-corrected chi connectivity index (χ4v) is 1.84. The third-order valence-electron chi connectivity index (χ3n) is 2.81. The van der Waals surface area contributed by atoms with Crippen molar-refractivity contribution in [1.82, 2.24) is 5.32 Å². The van der Waals surface area contributed by atoms with E-state index in [2.05, 4.69) is 12.2 Å². The predicted molar refractivity (Wildman–Crippen MR) is 44.8 cm³/mol. The first-order valence-corrected chi connectivity index (χ1v) is 4.70. The molecule has 0 aromatic rings. The summed E-state index contributed by atoms with van der Waals surface area (Å²) in [6, 6.07) is 0. The Kier molecular flexibility index (Phi) is 1.95. The van der Waals surface area contributed by atoms with Crippen LogP contribution in [0.15, 0.2) is 0 Å². The van der Waals surface area contributed by atoms with Crippen LogP contribution in [0.3, 0.4) is 0 Å². The number of carbonyl (C=O) groups is 1. The van der Waals surface area contributed by atoms with Crippen molar-refractivity contribution in [1.29, 1.82) is 0 Å². The minimum Gasteiger partial charge on any atom is -0.444 e. The SMILES string of the molecule is CC(CC1CNC(=O)O1)C1CC1. The summed E-state index contributed by atoms with van der Waals surface area (Å²) >= 11 is 0. The zero-order valence-corrected chi connectivity index (χ0v) is 7.38. The minimum absolute atomic E-state index is 0.132. The number of rotatable bonds is 3. The molecule has 1 amide bonds. The molecule has 1 aliphatic heterocycles. The molecule has 2 rings (SSSR count). The number of hydrogen-bond donors (Lipinski definition) is 1. The predicted octanol–water partition coefficient (Wildman–Crippen LogP) is 1.53. The lowest BCUT2D eigenvalue weighted by Gasteiger charge is -2.13. The Balaban J connectivity index is 1.75. The fraction of sp³-hybridized carbons (Fsp3) is 0.889. The van der Waals surface area contributed by atoms with Gasteiger partial charge in [0.25, 0.3) is 0 Å². The van der Waals surface area contributed by atoms with E-state index in [1.54, 1.807) is 0 Å². The summed E-state index contributed by atoms with van der Waals surface area (Å²) in [5.41, 5.74) is 0. The van der Waals surface area contributed by atoms with Crippen molar-refractivity contribution in [3.05, 3.63) is 0 Å².